The first-order chi connectivity index (χ1) is 10.1. The lowest BCUT2D eigenvalue weighted by atomic mass is 9.85. The van der Waals surface area contributed by atoms with Gasteiger partial charge < -0.3 is 0 Å². The summed E-state index contributed by atoms with van der Waals surface area (Å²) < 4.78 is 188. The highest BCUT2D eigenvalue weighted by Gasteiger charge is 2.95. The Hall–Kier alpha value is -1.05. The number of hydrogen-bond donors (Lipinski definition) is 0. The third kappa shape index (κ3) is 2.66. The van der Waals surface area contributed by atoms with Gasteiger partial charge in [-0.3, -0.25) is 0 Å². The van der Waals surface area contributed by atoms with Crippen LogP contribution in [0.15, 0.2) is 0 Å². The molecule has 0 aromatic rings. The van der Waals surface area contributed by atoms with Crippen molar-refractivity contribution in [3.05, 3.63) is 6.92 Å². The summed E-state index contributed by atoms with van der Waals surface area (Å²) in [4.78, 5) is 0. The molecule has 0 aliphatic carbocycles. The first-order valence-electron chi connectivity index (χ1n) is 5.19. The van der Waals surface area contributed by atoms with Crippen LogP contribution in [0.3, 0.4) is 0 Å². The average Bonchev–Trinajstić information content (AvgIpc) is 2.33. The molecule has 0 aromatic heterocycles. The summed E-state index contributed by atoms with van der Waals surface area (Å²) in [6.45, 7) is 1.93. The van der Waals surface area contributed by atoms with Crippen LogP contribution >= 0.6 is 0 Å². The Labute approximate surface area is 122 Å². The van der Waals surface area contributed by atoms with E-state index >= 15 is 0 Å². The van der Waals surface area contributed by atoms with E-state index in [0.717, 1.165) is 0 Å². The molecule has 0 N–H and O–H groups in total. The molecular weight excluding hydrogens is 393 g/mol. The number of rotatable bonds is 5. The van der Waals surface area contributed by atoms with E-state index in [1.807, 2.05) is 6.92 Å². The van der Waals surface area contributed by atoms with Crippen molar-refractivity contribution < 1.29 is 65.9 Å². The van der Waals surface area contributed by atoms with Gasteiger partial charge in [0.1, 0.15) is 0 Å². The van der Waals surface area contributed by atoms with Crippen LogP contribution in [-0.2, 0) is 0 Å². The molecule has 145 valence electrons. The molecule has 0 aliphatic rings. The van der Waals surface area contributed by atoms with Crippen LogP contribution in [0.25, 0.3) is 0 Å². The summed E-state index contributed by atoms with van der Waals surface area (Å²) >= 11 is 0. The maximum atomic E-state index is 13.0. The highest BCUT2D eigenvalue weighted by molar-refractivity contribution is 5.16. The van der Waals surface area contributed by atoms with Crippen molar-refractivity contribution in [3.8, 4) is 0 Å². The van der Waals surface area contributed by atoms with Gasteiger partial charge in [-0.2, -0.15) is 61.5 Å². The van der Waals surface area contributed by atoms with Gasteiger partial charge in [0.2, 0.25) is 0 Å². The van der Waals surface area contributed by atoms with Crippen molar-refractivity contribution in [2.75, 3.05) is 0 Å². The molecule has 0 saturated carbocycles. The summed E-state index contributed by atoms with van der Waals surface area (Å²) in [5, 5.41) is 0. The van der Waals surface area contributed by atoms with Gasteiger partial charge >= 0.3 is 41.7 Å². The molecule has 0 aliphatic heterocycles. The Morgan fingerprint density at radius 3 is 0.958 bits per heavy atom. The minimum absolute atomic E-state index is 1.93. The van der Waals surface area contributed by atoms with Gasteiger partial charge in [0.15, 0.2) is 0 Å². The van der Waals surface area contributed by atoms with Crippen molar-refractivity contribution in [2.45, 2.75) is 48.1 Å². The van der Waals surface area contributed by atoms with E-state index in [9.17, 15) is 65.9 Å². The van der Waals surface area contributed by atoms with Crippen molar-refractivity contribution in [1.82, 2.24) is 0 Å². The maximum Gasteiger partial charge on any atom is 0.438 e. The standard InChI is InChI=1S/C9H4F15/c1-2-3(10,11)5(13,14)7(17,18)6(15,16)4(12,8(19,20)21)9(22,23)24/h1-2H2. The maximum absolute atomic E-state index is 13.0. The van der Waals surface area contributed by atoms with Gasteiger partial charge in [-0.1, -0.05) is 0 Å². The Morgan fingerprint density at radius 1 is 0.458 bits per heavy atom. The first-order valence-corrected chi connectivity index (χ1v) is 5.19. The van der Waals surface area contributed by atoms with E-state index in [0.29, 0.717) is 0 Å². The van der Waals surface area contributed by atoms with Gasteiger partial charge in [-0.05, 0) is 6.92 Å². The minimum Gasteiger partial charge on any atom is -0.216 e. The molecule has 0 aromatic carbocycles. The minimum atomic E-state index is -8.35. The highest BCUT2D eigenvalue weighted by atomic mass is 19.4. The fourth-order valence-corrected chi connectivity index (χ4v) is 1.32. The molecule has 0 fully saturated rings. The second-order valence-corrected chi connectivity index (χ2v) is 4.33. The lowest BCUT2D eigenvalue weighted by Crippen LogP contribution is -2.75. The Balaban J connectivity index is 6.68. The molecule has 0 saturated heterocycles. The van der Waals surface area contributed by atoms with E-state index in [4.69, 9.17) is 0 Å². The predicted octanol–water partition coefficient (Wildman–Crippen LogP) is 5.58. The van der Waals surface area contributed by atoms with E-state index in [2.05, 4.69) is 0 Å². The third-order valence-electron chi connectivity index (χ3n) is 2.78. The molecule has 0 atom stereocenters. The van der Waals surface area contributed by atoms with E-state index in [1.165, 1.54) is 0 Å². The lowest BCUT2D eigenvalue weighted by Gasteiger charge is -2.43. The van der Waals surface area contributed by atoms with Crippen LogP contribution in [-0.4, -0.2) is 41.7 Å². The van der Waals surface area contributed by atoms with Crippen LogP contribution in [0.1, 0.15) is 6.42 Å². The first kappa shape index (κ1) is 22.9. The third-order valence-corrected chi connectivity index (χ3v) is 2.78. The summed E-state index contributed by atoms with van der Waals surface area (Å²) in [7, 11) is 0. The molecule has 0 unspecified atom stereocenters. The van der Waals surface area contributed by atoms with Gasteiger partial charge in [0, 0.05) is 6.42 Å². The molecule has 15 heteroatoms. The monoisotopic (exact) mass is 397 g/mol. The molecule has 0 amide bonds. The Kier molecular flexibility index (Phi) is 5.23. The summed E-state index contributed by atoms with van der Waals surface area (Å²) in [5.74, 6) is -30.2. The molecule has 0 spiro atoms. The van der Waals surface area contributed by atoms with E-state index in [-0.39, 0.29) is 0 Å². The molecular formula is C9H4F15. The van der Waals surface area contributed by atoms with Gasteiger partial charge in [-0.25, -0.2) is 4.39 Å². The predicted molar refractivity (Wildman–Crippen MR) is 45.7 cm³/mol. The van der Waals surface area contributed by atoms with Crippen LogP contribution in [0, 0.1) is 6.92 Å². The molecule has 0 nitrogen and oxygen atoms in total. The van der Waals surface area contributed by atoms with Crippen molar-refractivity contribution in [1.29, 1.82) is 0 Å². The molecule has 0 rings (SSSR count). The number of hydrogen-bond acceptors (Lipinski definition) is 0. The van der Waals surface area contributed by atoms with Gasteiger partial charge in [0.05, 0.1) is 0 Å². The smallest absolute Gasteiger partial charge is 0.216 e. The second-order valence-electron chi connectivity index (χ2n) is 4.33. The Bertz CT molecular complexity index is 439. The van der Waals surface area contributed by atoms with E-state index < -0.39 is 48.1 Å². The van der Waals surface area contributed by atoms with E-state index in [1.54, 1.807) is 0 Å². The zero-order chi connectivity index (χ0) is 20.2. The zero-order valence-corrected chi connectivity index (χ0v) is 10.6. The fraction of sp³-hybridized carbons (Fsp3) is 0.889. The van der Waals surface area contributed by atoms with Crippen LogP contribution in [0.4, 0.5) is 65.9 Å². The summed E-state index contributed by atoms with van der Waals surface area (Å²) in [6.07, 6.45) is -18.4. The second kappa shape index (κ2) is 5.47. The van der Waals surface area contributed by atoms with Crippen LogP contribution < -0.4 is 0 Å². The largest absolute Gasteiger partial charge is 0.438 e. The average molecular weight is 397 g/mol. The molecule has 24 heavy (non-hydrogen) atoms. The number of halogens is 15. The van der Waals surface area contributed by atoms with Crippen LogP contribution in [0.2, 0.25) is 0 Å². The van der Waals surface area contributed by atoms with Crippen molar-refractivity contribution in [3.63, 3.8) is 0 Å². The van der Waals surface area contributed by atoms with Crippen molar-refractivity contribution >= 4 is 0 Å². The molecule has 0 heterocycles. The molecule has 0 bridgehead atoms. The lowest BCUT2D eigenvalue weighted by molar-refractivity contribution is -0.456. The summed E-state index contributed by atoms with van der Waals surface area (Å²) in [5.41, 5.74) is -8.24. The van der Waals surface area contributed by atoms with Gasteiger partial charge in [0.25, 0.3) is 0 Å². The topological polar surface area (TPSA) is 0 Å². The number of alkyl halides is 15. The van der Waals surface area contributed by atoms with Gasteiger partial charge in [-0.15, -0.1) is 0 Å². The quantitative estimate of drug-likeness (QED) is 0.531. The highest BCUT2D eigenvalue weighted by Crippen LogP contribution is 2.63. The normalized spacial score (nSPS) is 16.5. The SMILES string of the molecule is [CH2]CC(F)(F)C(F)(F)C(F)(F)C(F)(F)C(F)(C(F)(F)F)C(F)(F)F. The van der Waals surface area contributed by atoms with Crippen molar-refractivity contribution in [2.24, 2.45) is 0 Å². The zero-order valence-electron chi connectivity index (χ0n) is 10.6. The Morgan fingerprint density at radius 2 is 0.750 bits per heavy atom. The summed E-state index contributed by atoms with van der Waals surface area (Å²) in [6, 6.07) is 0. The van der Waals surface area contributed by atoms with Crippen LogP contribution in [0.5, 0.6) is 0 Å². The molecule has 1 radical (unpaired) electrons. The fourth-order valence-electron chi connectivity index (χ4n) is 1.32.